The van der Waals surface area contributed by atoms with Gasteiger partial charge in [-0.1, -0.05) is 36.4 Å². The van der Waals surface area contributed by atoms with Gasteiger partial charge in [0.2, 0.25) is 0 Å². The largest absolute Gasteiger partial charge is 0.478 e. The van der Waals surface area contributed by atoms with Crippen molar-refractivity contribution in [2.24, 2.45) is 4.99 Å². The van der Waals surface area contributed by atoms with Gasteiger partial charge in [-0.2, -0.15) is 0 Å². The fourth-order valence-corrected chi connectivity index (χ4v) is 4.89. The zero-order valence-corrected chi connectivity index (χ0v) is 19.5. The molecule has 0 saturated carbocycles. The maximum absolute atomic E-state index is 14.3. The van der Waals surface area contributed by atoms with Gasteiger partial charge in [-0.05, 0) is 54.2 Å². The number of carbonyl (C=O) groups excluding carboxylic acids is 1. The summed E-state index contributed by atoms with van der Waals surface area (Å²) in [5.41, 5.74) is 3.11. The Kier molecular flexibility index (Phi) is 5.96. The molecule has 0 radical (unpaired) electrons. The number of amidine groups is 1. The van der Waals surface area contributed by atoms with Gasteiger partial charge >= 0.3 is 5.97 Å². The predicted molar refractivity (Wildman–Crippen MR) is 136 cm³/mol. The highest BCUT2D eigenvalue weighted by Crippen LogP contribution is 2.35. The standard InChI is InChI=1S/C27H20FN3O3S/c1-30-25(32)24(35-27(30)29-20-12-10-17(11-13-20)26(33)34)14-19-16-31(23-9-5-3-7-21(19)23)15-18-6-2-4-8-22(18)28/h2-14,16H,15H2,1H3,(H,33,34)/b24-14-,29-27?. The van der Waals surface area contributed by atoms with E-state index in [-0.39, 0.29) is 17.3 Å². The minimum absolute atomic E-state index is 0.171. The summed E-state index contributed by atoms with van der Waals surface area (Å²) in [5, 5.41) is 10.5. The lowest BCUT2D eigenvalue weighted by atomic mass is 10.1. The lowest BCUT2D eigenvalue weighted by Crippen LogP contribution is -2.23. The fraction of sp³-hybridized carbons (Fsp3) is 0.0741. The summed E-state index contributed by atoms with van der Waals surface area (Å²) in [6, 6.07) is 20.7. The zero-order valence-electron chi connectivity index (χ0n) is 18.7. The first-order valence-electron chi connectivity index (χ1n) is 10.8. The third-order valence-corrected chi connectivity index (χ3v) is 6.81. The molecule has 1 N–H and O–H groups in total. The van der Waals surface area contributed by atoms with E-state index < -0.39 is 5.97 Å². The number of hydrogen-bond acceptors (Lipinski definition) is 4. The molecule has 1 fully saturated rings. The second-order valence-corrected chi connectivity index (χ2v) is 9.05. The normalized spacial score (nSPS) is 16.1. The summed E-state index contributed by atoms with van der Waals surface area (Å²) in [6.07, 6.45) is 3.76. The lowest BCUT2D eigenvalue weighted by Gasteiger charge is -2.07. The van der Waals surface area contributed by atoms with Crippen LogP contribution in [0.1, 0.15) is 21.5 Å². The Morgan fingerprint density at radius 3 is 2.51 bits per heavy atom. The molecule has 0 spiro atoms. The number of aliphatic imine (C=N–C) groups is 1. The van der Waals surface area contributed by atoms with Gasteiger partial charge in [0, 0.05) is 35.3 Å². The van der Waals surface area contributed by atoms with Crippen molar-refractivity contribution in [2.45, 2.75) is 6.54 Å². The number of carboxylic acid groups (broad SMARTS) is 1. The highest BCUT2D eigenvalue weighted by Gasteiger charge is 2.30. The minimum atomic E-state index is -1.01. The Balaban J connectivity index is 1.48. The number of benzene rings is 3. The first-order valence-corrected chi connectivity index (χ1v) is 11.6. The Hall–Kier alpha value is -4.17. The monoisotopic (exact) mass is 485 g/mol. The number of rotatable bonds is 5. The predicted octanol–water partition coefficient (Wildman–Crippen LogP) is 5.76. The van der Waals surface area contributed by atoms with E-state index in [9.17, 15) is 14.0 Å². The molecule has 2 heterocycles. The molecule has 6 nitrogen and oxygen atoms in total. The van der Waals surface area contributed by atoms with Crippen LogP contribution in [0.25, 0.3) is 17.0 Å². The number of halogens is 1. The van der Waals surface area contributed by atoms with Gasteiger partial charge in [0.25, 0.3) is 5.91 Å². The van der Waals surface area contributed by atoms with Crippen LogP contribution in [0.4, 0.5) is 10.1 Å². The van der Waals surface area contributed by atoms with Crippen molar-refractivity contribution in [3.05, 3.63) is 106 Å². The molecule has 0 aliphatic carbocycles. The van der Waals surface area contributed by atoms with E-state index in [1.807, 2.05) is 47.2 Å². The number of aromatic nitrogens is 1. The number of carbonyl (C=O) groups is 2. The quantitative estimate of drug-likeness (QED) is 0.365. The number of hydrogen-bond donors (Lipinski definition) is 1. The van der Waals surface area contributed by atoms with Gasteiger partial charge in [-0.3, -0.25) is 9.69 Å². The molecule has 1 amide bonds. The topological polar surface area (TPSA) is 74.9 Å². The molecule has 1 aromatic heterocycles. The van der Waals surface area contributed by atoms with Gasteiger partial charge in [-0.15, -0.1) is 0 Å². The van der Waals surface area contributed by atoms with Crippen LogP contribution >= 0.6 is 11.8 Å². The zero-order chi connectivity index (χ0) is 24.5. The number of amides is 1. The third-order valence-electron chi connectivity index (χ3n) is 5.75. The summed E-state index contributed by atoms with van der Waals surface area (Å²) < 4.78 is 16.2. The molecular weight excluding hydrogens is 465 g/mol. The highest BCUT2D eigenvalue weighted by atomic mass is 32.2. The van der Waals surface area contributed by atoms with Gasteiger partial charge in [-0.25, -0.2) is 14.2 Å². The average molecular weight is 486 g/mol. The van der Waals surface area contributed by atoms with Crippen LogP contribution in [0, 0.1) is 5.82 Å². The van der Waals surface area contributed by atoms with Crippen molar-refractivity contribution in [3.63, 3.8) is 0 Å². The summed E-state index contributed by atoms with van der Waals surface area (Å²) in [4.78, 5) is 30.5. The number of likely N-dealkylation sites (N-methyl/N-ethyl adjacent to an activating group) is 1. The van der Waals surface area contributed by atoms with Crippen LogP contribution < -0.4 is 0 Å². The molecule has 1 aliphatic rings. The molecule has 0 unspecified atom stereocenters. The first kappa shape index (κ1) is 22.6. The van der Waals surface area contributed by atoms with E-state index in [0.29, 0.717) is 27.9 Å². The molecule has 0 atom stereocenters. The van der Waals surface area contributed by atoms with Crippen molar-refractivity contribution < 1.29 is 19.1 Å². The second kappa shape index (κ2) is 9.23. The van der Waals surface area contributed by atoms with Crippen LogP contribution in [-0.4, -0.2) is 38.7 Å². The SMILES string of the molecule is CN1C(=O)/C(=C/c2cn(Cc3ccccc3F)c3ccccc23)SC1=Nc1ccc(C(=O)O)cc1. The summed E-state index contributed by atoms with van der Waals surface area (Å²) >= 11 is 1.25. The Bertz CT molecular complexity index is 1520. The maximum Gasteiger partial charge on any atom is 0.335 e. The first-order chi connectivity index (χ1) is 16.9. The van der Waals surface area contributed by atoms with Gasteiger partial charge in [0.1, 0.15) is 5.82 Å². The van der Waals surface area contributed by atoms with E-state index in [1.165, 1.54) is 34.9 Å². The second-order valence-electron chi connectivity index (χ2n) is 8.04. The average Bonchev–Trinajstić information content (AvgIpc) is 3.33. The van der Waals surface area contributed by atoms with E-state index in [0.717, 1.165) is 16.5 Å². The molecule has 4 aromatic rings. The number of thioether (sulfide) groups is 1. The number of para-hydroxylation sites is 1. The van der Waals surface area contributed by atoms with E-state index in [1.54, 1.807) is 31.3 Å². The van der Waals surface area contributed by atoms with Crippen molar-refractivity contribution in [1.29, 1.82) is 0 Å². The molecule has 1 saturated heterocycles. The van der Waals surface area contributed by atoms with Crippen molar-refractivity contribution >= 4 is 51.5 Å². The molecule has 0 bridgehead atoms. The Labute approximate surface area is 205 Å². The smallest absolute Gasteiger partial charge is 0.335 e. The third kappa shape index (κ3) is 4.48. The fourth-order valence-electron chi connectivity index (χ4n) is 3.91. The molecule has 5 rings (SSSR count). The number of aromatic carboxylic acids is 1. The molecule has 1 aliphatic heterocycles. The van der Waals surface area contributed by atoms with Crippen LogP contribution in [0.5, 0.6) is 0 Å². The van der Waals surface area contributed by atoms with Crippen LogP contribution in [-0.2, 0) is 11.3 Å². The summed E-state index contributed by atoms with van der Waals surface area (Å²) in [6.45, 7) is 0.371. The van der Waals surface area contributed by atoms with Crippen molar-refractivity contribution in [1.82, 2.24) is 9.47 Å². The molecule has 8 heteroatoms. The molecule has 174 valence electrons. The van der Waals surface area contributed by atoms with Crippen molar-refractivity contribution in [2.75, 3.05) is 7.05 Å². The number of carboxylic acids is 1. The van der Waals surface area contributed by atoms with Crippen molar-refractivity contribution in [3.8, 4) is 0 Å². The number of fused-ring (bicyclic) bond motifs is 1. The highest BCUT2D eigenvalue weighted by molar-refractivity contribution is 8.18. The maximum atomic E-state index is 14.3. The van der Waals surface area contributed by atoms with Crippen LogP contribution in [0.2, 0.25) is 0 Å². The van der Waals surface area contributed by atoms with Gasteiger partial charge in [0.05, 0.1) is 22.7 Å². The Morgan fingerprint density at radius 1 is 1.06 bits per heavy atom. The molecule has 3 aromatic carbocycles. The lowest BCUT2D eigenvalue weighted by molar-refractivity contribution is -0.121. The van der Waals surface area contributed by atoms with Gasteiger partial charge < -0.3 is 9.67 Å². The van der Waals surface area contributed by atoms with Gasteiger partial charge in [0.15, 0.2) is 5.17 Å². The van der Waals surface area contributed by atoms with E-state index >= 15 is 0 Å². The van der Waals surface area contributed by atoms with E-state index in [4.69, 9.17) is 5.11 Å². The summed E-state index contributed by atoms with van der Waals surface area (Å²) in [7, 11) is 1.65. The Morgan fingerprint density at radius 2 is 1.77 bits per heavy atom. The molecular formula is C27H20FN3O3S. The van der Waals surface area contributed by atoms with E-state index in [2.05, 4.69) is 4.99 Å². The minimum Gasteiger partial charge on any atom is -0.478 e. The molecule has 35 heavy (non-hydrogen) atoms. The van der Waals surface area contributed by atoms with Crippen LogP contribution in [0.15, 0.2) is 88.9 Å². The summed E-state index contributed by atoms with van der Waals surface area (Å²) in [5.74, 6) is -1.45. The van der Waals surface area contributed by atoms with Crippen LogP contribution in [0.3, 0.4) is 0 Å². The number of nitrogens with zero attached hydrogens (tertiary/aromatic N) is 3.